The van der Waals surface area contributed by atoms with Crippen LogP contribution in [0.15, 0.2) is 12.1 Å². The summed E-state index contributed by atoms with van der Waals surface area (Å²) in [6.45, 7) is 6.30. The zero-order valence-corrected chi connectivity index (χ0v) is 17.5. The van der Waals surface area contributed by atoms with Crippen LogP contribution in [-0.4, -0.2) is 47.6 Å². The van der Waals surface area contributed by atoms with Gasteiger partial charge in [0.25, 0.3) is 0 Å². The van der Waals surface area contributed by atoms with Gasteiger partial charge in [-0.15, -0.1) is 0 Å². The van der Waals surface area contributed by atoms with Gasteiger partial charge in [0, 0.05) is 30.9 Å². The Morgan fingerprint density at radius 2 is 1.42 bits per heavy atom. The molecule has 0 saturated carbocycles. The van der Waals surface area contributed by atoms with Crippen molar-refractivity contribution in [2.24, 2.45) is 0 Å². The van der Waals surface area contributed by atoms with E-state index in [-0.39, 0.29) is 0 Å². The summed E-state index contributed by atoms with van der Waals surface area (Å²) in [5, 5.41) is 3.32. The van der Waals surface area contributed by atoms with Gasteiger partial charge in [-0.05, 0) is 33.6 Å². The second-order valence-corrected chi connectivity index (χ2v) is 9.43. The lowest BCUT2D eigenvalue weighted by molar-refractivity contribution is 0.324. The van der Waals surface area contributed by atoms with Crippen molar-refractivity contribution in [3.63, 3.8) is 0 Å². The molecule has 0 fully saturated rings. The molecule has 0 amide bonds. The number of anilines is 1. The lowest BCUT2D eigenvalue weighted by Gasteiger charge is -2.19. The minimum absolute atomic E-state index is 0.462. The van der Waals surface area contributed by atoms with Crippen molar-refractivity contribution in [2.45, 2.75) is 44.8 Å². The number of methoxy groups -OCH3 is 3. The Morgan fingerprint density at radius 3 is 1.88 bits per heavy atom. The van der Waals surface area contributed by atoms with Crippen LogP contribution in [0.4, 0.5) is 5.69 Å². The predicted octanol–water partition coefficient (Wildman–Crippen LogP) is 3.01. The Morgan fingerprint density at radius 1 is 0.885 bits per heavy atom. The van der Waals surface area contributed by atoms with Crippen molar-refractivity contribution in [1.82, 2.24) is 4.72 Å². The van der Waals surface area contributed by atoms with E-state index < -0.39 is 14.8 Å². The van der Waals surface area contributed by atoms with Gasteiger partial charge in [0.15, 0.2) is 11.5 Å². The number of rotatable bonds is 11. The van der Waals surface area contributed by atoms with Crippen LogP contribution in [-0.2, 0) is 10.0 Å². The SMILES string of the molecule is COc1cc(NCCCCCNS(=O)(=O)C(C)(C)C)cc(OC)c1OC. The molecular formula is C18H32N2O5S. The van der Waals surface area contributed by atoms with Gasteiger partial charge in [-0.2, -0.15) is 0 Å². The fourth-order valence-electron chi connectivity index (χ4n) is 2.27. The minimum Gasteiger partial charge on any atom is -0.493 e. The first-order chi connectivity index (χ1) is 12.2. The number of benzene rings is 1. The normalized spacial score (nSPS) is 11.9. The van der Waals surface area contributed by atoms with Crippen molar-refractivity contribution in [2.75, 3.05) is 39.7 Å². The van der Waals surface area contributed by atoms with Crippen molar-refractivity contribution in [1.29, 1.82) is 0 Å². The van der Waals surface area contributed by atoms with E-state index >= 15 is 0 Å². The molecule has 0 aliphatic heterocycles. The molecule has 0 radical (unpaired) electrons. The Bertz CT molecular complexity index is 644. The van der Waals surface area contributed by atoms with Crippen LogP contribution >= 0.6 is 0 Å². The minimum atomic E-state index is -3.26. The van der Waals surface area contributed by atoms with Crippen molar-refractivity contribution in [3.05, 3.63) is 12.1 Å². The van der Waals surface area contributed by atoms with Crippen LogP contribution < -0.4 is 24.2 Å². The van der Waals surface area contributed by atoms with Gasteiger partial charge in [0.05, 0.1) is 26.1 Å². The fourth-order valence-corrected chi connectivity index (χ4v) is 3.11. The molecule has 0 bridgehead atoms. The van der Waals surface area contributed by atoms with Crippen LogP contribution in [0.3, 0.4) is 0 Å². The van der Waals surface area contributed by atoms with E-state index in [1.54, 1.807) is 42.1 Å². The van der Waals surface area contributed by atoms with Crippen LogP contribution in [0.1, 0.15) is 40.0 Å². The number of unbranched alkanes of at least 4 members (excludes halogenated alkanes) is 2. The second-order valence-electron chi connectivity index (χ2n) is 6.91. The van der Waals surface area contributed by atoms with Gasteiger partial charge in [0.2, 0.25) is 15.8 Å². The maximum atomic E-state index is 11.9. The third-order valence-electron chi connectivity index (χ3n) is 3.95. The number of sulfonamides is 1. The number of ether oxygens (including phenoxy) is 3. The van der Waals surface area contributed by atoms with Gasteiger partial charge in [-0.3, -0.25) is 0 Å². The van der Waals surface area contributed by atoms with Gasteiger partial charge in [-0.1, -0.05) is 6.42 Å². The maximum absolute atomic E-state index is 11.9. The lowest BCUT2D eigenvalue weighted by Crippen LogP contribution is -2.39. The van der Waals surface area contributed by atoms with Gasteiger partial charge in [0.1, 0.15) is 0 Å². The molecule has 0 spiro atoms. The molecule has 0 saturated heterocycles. The summed E-state index contributed by atoms with van der Waals surface area (Å²) in [6, 6.07) is 3.72. The molecule has 8 heteroatoms. The smallest absolute Gasteiger partial charge is 0.216 e. The Labute approximate surface area is 157 Å². The molecule has 1 aromatic rings. The van der Waals surface area contributed by atoms with Crippen molar-refractivity contribution < 1.29 is 22.6 Å². The molecule has 0 aliphatic carbocycles. The monoisotopic (exact) mass is 388 g/mol. The predicted molar refractivity (Wildman–Crippen MR) is 105 cm³/mol. The number of hydrogen-bond acceptors (Lipinski definition) is 6. The molecule has 0 atom stereocenters. The molecule has 2 N–H and O–H groups in total. The van der Waals surface area contributed by atoms with Crippen LogP contribution in [0, 0.1) is 0 Å². The Kier molecular flexibility index (Phi) is 8.49. The average Bonchev–Trinajstić information content (AvgIpc) is 2.58. The Hall–Kier alpha value is -1.67. The zero-order chi connectivity index (χ0) is 19.8. The number of nitrogens with one attached hydrogen (secondary N) is 2. The van der Waals surface area contributed by atoms with Crippen LogP contribution in [0.2, 0.25) is 0 Å². The summed E-state index contributed by atoms with van der Waals surface area (Å²) in [5.74, 6) is 1.77. The molecule has 26 heavy (non-hydrogen) atoms. The molecular weight excluding hydrogens is 356 g/mol. The average molecular weight is 389 g/mol. The van der Waals surface area contributed by atoms with Crippen LogP contribution in [0.25, 0.3) is 0 Å². The summed E-state index contributed by atoms with van der Waals surface area (Å²) in [7, 11) is 1.48. The van der Waals surface area contributed by atoms with E-state index in [0.29, 0.717) is 23.8 Å². The molecule has 0 aliphatic rings. The van der Waals surface area contributed by atoms with Crippen LogP contribution in [0.5, 0.6) is 17.2 Å². The molecule has 1 rings (SSSR count). The molecule has 0 heterocycles. The van der Waals surface area contributed by atoms with E-state index in [4.69, 9.17) is 14.2 Å². The standard InChI is InChI=1S/C18H32N2O5S/c1-18(2,3)26(21,22)20-11-9-7-8-10-19-14-12-15(23-4)17(25-6)16(13-14)24-5/h12-13,19-20H,7-11H2,1-6H3. The van der Waals surface area contributed by atoms with Gasteiger partial charge >= 0.3 is 0 Å². The zero-order valence-electron chi connectivity index (χ0n) is 16.6. The van der Waals surface area contributed by atoms with Gasteiger partial charge < -0.3 is 19.5 Å². The Balaban J connectivity index is 2.41. The first kappa shape index (κ1) is 22.4. The van der Waals surface area contributed by atoms with E-state index in [2.05, 4.69) is 10.0 Å². The molecule has 150 valence electrons. The number of hydrogen-bond donors (Lipinski definition) is 2. The third kappa shape index (κ3) is 6.25. The topological polar surface area (TPSA) is 85.9 Å². The van der Waals surface area contributed by atoms with Crippen molar-refractivity contribution >= 4 is 15.7 Å². The first-order valence-corrected chi connectivity index (χ1v) is 10.2. The summed E-state index contributed by atoms with van der Waals surface area (Å²) in [6.07, 6.45) is 2.64. The molecule has 0 unspecified atom stereocenters. The molecule has 0 aromatic heterocycles. The second kappa shape index (κ2) is 9.87. The van der Waals surface area contributed by atoms with E-state index in [0.717, 1.165) is 31.5 Å². The fraction of sp³-hybridized carbons (Fsp3) is 0.667. The molecule has 1 aromatic carbocycles. The summed E-state index contributed by atoms with van der Waals surface area (Å²) < 4.78 is 41.7. The van der Waals surface area contributed by atoms with E-state index in [1.807, 2.05) is 12.1 Å². The summed E-state index contributed by atoms with van der Waals surface area (Å²) >= 11 is 0. The third-order valence-corrected chi connectivity index (χ3v) is 6.14. The largest absolute Gasteiger partial charge is 0.493 e. The van der Waals surface area contributed by atoms with Gasteiger partial charge in [-0.25, -0.2) is 13.1 Å². The molecule has 7 nitrogen and oxygen atoms in total. The highest BCUT2D eigenvalue weighted by molar-refractivity contribution is 7.90. The van der Waals surface area contributed by atoms with Crippen molar-refractivity contribution in [3.8, 4) is 17.2 Å². The summed E-state index contributed by atoms with van der Waals surface area (Å²) in [4.78, 5) is 0. The highest BCUT2D eigenvalue weighted by Gasteiger charge is 2.27. The summed E-state index contributed by atoms with van der Waals surface area (Å²) in [5.41, 5.74) is 0.882. The lowest BCUT2D eigenvalue weighted by atomic mass is 10.2. The van der Waals surface area contributed by atoms with E-state index in [9.17, 15) is 8.42 Å². The van der Waals surface area contributed by atoms with E-state index in [1.165, 1.54) is 0 Å². The highest BCUT2D eigenvalue weighted by atomic mass is 32.2. The quantitative estimate of drug-likeness (QED) is 0.567. The highest BCUT2D eigenvalue weighted by Crippen LogP contribution is 2.39. The maximum Gasteiger partial charge on any atom is 0.216 e. The first-order valence-electron chi connectivity index (χ1n) is 8.69.